The third-order valence-electron chi connectivity index (χ3n) is 6.93. The zero-order chi connectivity index (χ0) is 24.4. The van der Waals surface area contributed by atoms with Gasteiger partial charge in [0.2, 0.25) is 0 Å². The molecule has 0 aromatic heterocycles. The monoisotopic (exact) mass is 504 g/mol. The Morgan fingerprint density at radius 3 is 2.36 bits per heavy atom. The molecular formula is C25H33Cl2F3N2O. The van der Waals surface area contributed by atoms with Crippen molar-refractivity contribution in [2.75, 3.05) is 13.1 Å². The highest BCUT2D eigenvalue weighted by atomic mass is 35.5. The van der Waals surface area contributed by atoms with E-state index < -0.39 is 23.8 Å². The second kappa shape index (κ2) is 10.6. The molecule has 1 unspecified atom stereocenters. The summed E-state index contributed by atoms with van der Waals surface area (Å²) >= 11 is 12.5. The number of hydrogen-bond donors (Lipinski definition) is 3. The lowest BCUT2D eigenvalue weighted by Gasteiger charge is -2.36. The number of benzene rings is 1. The van der Waals surface area contributed by atoms with Crippen LogP contribution in [0.2, 0.25) is 10.0 Å². The average molecular weight is 505 g/mol. The summed E-state index contributed by atoms with van der Waals surface area (Å²) in [5, 5.41) is 18.0. The van der Waals surface area contributed by atoms with Crippen molar-refractivity contribution in [1.29, 1.82) is 0 Å². The molecule has 1 fully saturated rings. The van der Waals surface area contributed by atoms with E-state index in [0.717, 1.165) is 31.9 Å². The minimum absolute atomic E-state index is 0.125. The number of aliphatic hydroxyl groups is 1. The number of nitrogens with one attached hydrogen (secondary N) is 2. The molecule has 1 aromatic rings. The molecule has 0 bridgehead atoms. The summed E-state index contributed by atoms with van der Waals surface area (Å²) in [5.74, 6) is -0.524. The zero-order valence-electron chi connectivity index (χ0n) is 19.3. The molecule has 1 aliphatic heterocycles. The van der Waals surface area contributed by atoms with Crippen molar-refractivity contribution >= 4 is 23.2 Å². The Morgan fingerprint density at radius 1 is 1.18 bits per heavy atom. The molecule has 0 radical (unpaired) electrons. The molecule has 3 nitrogen and oxygen atoms in total. The molecular weight excluding hydrogens is 472 g/mol. The summed E-state index contributed by atoms with van der Waals surface area (Å²) in [4.78, 5) is 0. The maximum Gasteiger partial charge on any atom is 0.418 e. The molecule has 2 aliphatic rings. The summed E-state index contributed by atoms with van der Waals surface area (Å²) in [6, 6.07) is 3.54. The van der Waals surface area contributed by atoms with E-state index in [2.05, 4.69) is 24.5 Å². The molecule has 0 saturated heterocycles. The predicted molar refractivity (Wildman–Crippen MR) is 129 cm³/mol. The first-order valence-corrected chi connectivity index (χ1v) is 12.2. The molecule has 184 valence electrons. The van der Waals surface area contributed by atoms with E-state index in [1.54, 1.807) is 25.1 Å². The van der Waals surface area contributed by atoms with Gasteiger partial charge in [-0.3, -0.25) is 0 Å². The van der Waals surface area contributed by atoms with Crippen molar-refractivity contribution in [2.24, 2.45) is 11.3 Å². The number of allylic oxidation sites excluding steroid dienone is 1. The fraction of sp³-hybridized carbons (Fsp3) is 0.600. The quantitative estimate of drug-likeness (QED) is 0.379. The number of aliphatic hydroxyl groups excluding tert-OH is 1. The van der Waals surface area contributed by atoms with E-state index in [0.29, 0.717) is 39.7 Å². The molecule has 0 spiro atoms. The Kier molecular flexibility index (Phi) is 8.47. The second-order valence-electron chi connectivity index (χ2n) is 10.0. The highest BCUT2D eigenvalue weighted by molar-refractivity contribution is 6.36. The van der Waals surface area contributed by atoms with Crippen LogP contribution in [-0.2, 0) is 0 Å². The summed E-state index contributed by atoms with van der Waals surface area (Å²) in [6.07, 6.45) is 1.43. The largest absolute Gasteiger partial charge is 0.418 e. The third-order valence-corrected chi connectivity index (χ3v) is 7.72. The normalized spacial score (nSPS) is 21.1. The lowest BCUT2D eigenvalue weighted by Crippen LogP contribution is -2.39. The van der Waals surface area contributed by atoms with E-state index in [-0.39, 0.29) is 18.0 Å². The first-order valence-electron chi connectivity index (χ1n) is 11.5. The minimum Gasteiger partial charge on any atom is -0.388 e. The smallest absolute Gasteiger partial charge is 0.388 e. The van der Waals surface area contributed by atoms with Crippen molar-refractivity contribution in [3.05, 3.63) is 56.7 Å². The second-order valence-corrected chi connectivity index (χ2v) is 10.8. The van der Waals surface area contributed by atoms with Crippen LogP contribution in [0.1, 0.15) is 63.2 Å². The van der Waals surface area contributed by atoms with Crippen molar-refractivity contribution < 1.29 is 18.3 Å². The van der Waals surface area contributed by atoms with Crippen molar-refractivity contribution in [3.63, 3.8) is 0 Å². The van der Waals surface area contributed by atoms with E-state index in [1.807, 2.05) is 0 Å². The topological polar surface area (TPSA) is 44.3 Å². The molecule has 3 N–H and O–H groups in total. The Labute approximate surface area is 204 Å². The van der Waals surface area contributed by atoms with E-state index in [1.165, 1.54) is 0 Å². The van der Waals surface area contributed by atoms with Gasteiger partial charge in [-0.15, -0.1) is 0 Å². The average Bonchev–Trinajstić information content (AvgIpc) is 2.74. The highest BCUT2D eigenvalue weighted by Gasteiger charge is 2.40. The molecule has 3 rings (SSSR count). The number of alkyl halides is 3. The zero-order valence-corrected chi connectivity index (χ0v) is 20.8. The van der Waals surface area contributed by atoms with E-state index >= 15 is 0 Å². The van der Waals surface area contributed by atoms with Crippen LogP contribution in [0.15, 0.2) is 35.6 Å². The van der Waals surface area contributed by atoms with Crippen LogP contribution in [0, 0.1) is 18.3 Å². The van der Waals surface area contributed by atoms with E-state index in [4.69, 9.17) is 23.2 Å². The van der Waals surface area contributed by atoms with Gasteiger partial charge in [-0.1, -0.05) is 43.1 Å². The SMILES string of the molecule is Cc1c(Cl)cc([C@H](O)CC(CNC2CCC(C)(C)CC2)C2=CCNC=C2C(F)(F)F)cc1Cl. The molecule has 1 aliphatic carbocycles. The van der Waals surface area contributed by atoms with Gasteiger partial charge in [0, 0.05) is 35.4 Å². The standard InChI is InChI=1S/C25H33Cl2F3N2O/c1-15-21(26)10-16(11-22(15)27)23(33)12-17(13-32-18-4-7-24(2,3)8-5-18)19-6-9-31-14-20(19)25(28,29)30/h6,10-11,14,17-18,23,31-33H,4-5,7-9,12-13H2,1-3H3/t17?,23-/m1/s1. The van der Waals surface area contributed by atoms with Gasteiger partial charge in [-0.25, -0.2) is 0 Å². The number of halogens is 5. The molecule has 1 aromatic carbocycles. The van der Waals surface area contributed by atoms with Crippen molar-refractivity contribution in [2.45, 2.75) is 71.2 Å². The Morgan fingerprint density at radius 2 is 1.79 bits per heavy atom. The summed E-state index contributed by atoms with van der Waals surface area (Å²) < 4.78 is 41.3. The predicted octanol–water partition coefficient (Wildman–Crippen LogP) is 6.88. The summed E-state index contributed by atoms with van der Waals surface area (Å²) in [5.41, 5.74) is 1.05. The minimum atomic E-state index is -4.48. The van der Waals surface area contributed by atoms with Gasteiger partial charge in [-0.05, 0) is 79.2 Å². The van der Waals surface area contributed by atoms with Gasteiger partial charge in [0.1, 0.15) is 0 Å². The van der Waals surface area contributed by atoms with Crippen LogP contribution in [0.25, 0.3) is 0 Å². The molecule has 1 saturated carbocycles. The lowest BCUT2D eigenvalue weighted by atomic mass is 9.75. The van der Waals surface area contributed by atoms with Gasteiger partial charge in [0.05, 0.1) is 11.7 Å². The van der Waals surface area contributed by atoms with Crippen LogP contribution < -0.4 is 10.6 Å². The molecule has 2 atom stereocenters. The number of dihydropyridines is 1. The van der Waals surface area contributed by atoms with Crippen LogP contribution in [0.3, 0.4) is 0 Å². The van der Waals surface area contributed by atoms with Crippen LogP contribution in [-0.4, -0.2) is 30.4 Å². The molecule has 0 amide bonds. The third kappa shape index (κ3) is 6.91. The van der Waals surface area contributed by atoms with E-state index in [9.17, 15) is 18.3 Å². The number of rotatable bonds is 7. The van der Waals surface area contributed by atoms with Gasteiger partial charge in [0.15, 0.2) is 0 Å². The fourth-order valence-corrected chi connectivity index (χ4v) is 5.15. The maximum atomic E-state index is 13.8. The molecule has 33 heavy (non-hydrogen) atoms. The Hall–Kier alpha value is -1.21. The van der Waals surface area contributed by atoms with Gasteiger partial charge in [-0.2, -0.15) is 13.2 Å². The first-order chi connectivity index (χ1) is 15.4. The Balaban J connectivity index is 1.81. The van der Waals surface area contributed by atoms with Crippen LogP contribution in [0.4, 0.5) is 13.2 Å². The first kappa shape index (κ1) is 26.4. The lowest BCUT2D eigenvalue weighted by molar-refractivity contribution is -0.0909. The van der Waals surface area contributed by atoms with Crippen molar-refractivity contribution in [3.8, 4) is 0 Å². The molecule has 1 heterocycles. The highest BCUT2D eigenvalue weighted by Crippen LogP contribution is 2.40. The maximum absolute atomic E-state index is 13.8. The molecule has 8 heteroatoms. The number of hydrogen-bond acceptors (Lipinski definition) is 3. The van der Waals surface area contributed by atoms with Gasteiger partial charge < -0.3 is 15.7 Å². The van der Waals surface area contributed by atoms with Crippen molar-refractivity contribution in [1.82, 2.24) is 10.6 Å². The summed E-state index contributed by atoms with van der Waals surface area (Å²) in [7, 11) is 0. The summed E-state index contributed by atoms with van der Waals surface area (Å²) in [6.45, 7) is 6.95. The van der Waals surface area contributed by atoms with Crippen LogP contribution in [0.5, 0.6) is 0 Å². The fourth-order valence-electron chi connectivity index (χ4n) is 4.65. The van der Waals surface area contributed by atoms with Gasteiger partial charge >= 0.3 is 6.18 Å². The van der Waals surface area contributed by atoms with Gasteiger partial charge in [0.25, 0.3) is 0 Å². The Bertz CT molecular complexity index is 878. The van der Waals surface area contributed by atoms with Crippen LogP contribution >= 0.6 is 23.2 Å².